The Morgan fingerprint density at radius 1 is 1.07 bits per heavy atom. The van der Waals surface area contributed by atoms with Crippen LogP contribution in [0.5, 0.6) is 0 Å². The van der Waals surface area contributed by atoms with Crippen molar-refractivity contribution in [3.05, 3.63) is 35.4 Å². The highest BCUT2D eigenvalue weighted by Crippen LogP contribution is 2.33. The van der Waals surface area contributed by atoms with Gasteiger partial charge in [0.05, 0.1) is 10.5 Å². The highest BCUT2D eigenvalue weighted by Gasteiger charge is 2.34. The molecule has 0 aromatic heterocycles. The number of hydrogen-bond donors (Lipinski definition) is 1. The molecule has 6 heteroatoms. The molecule has 0 saturated heterocycles. The number of carbonyl (C=O) groups is 2. The van der Waals surface area contributed by atoms with Gasteiger partial charge in [-0.15, -0.1) is 0 Å². The molecule has 1 aromatic rings. The second kappa shape index (κ2) is 10.1. The summed E-state index contributed by atoms with van der Waals surface area (Å²) in [6, 6.07) is 7.38. The highest BCUT2D eigenvalue weighted by atomic mass is 32.2. The van der Waals surface area contributed by atoms with Crippen molar-refractivity contribution in [2.45, 2.75) is 83.9 Å². The van der Waals surface area contributed by atoms with Gasteiger partial charge >= 0.3 is 0 Å². The summed E-state index contributed by atoms with van der Waals surface area (Å²) in [6.07, 6.45) is 4.35. The first-order chi connectivity index (χ1) is 13.9. The van der Waals surface area contributed by atoms with Gasteiger partial charge in [-0.2, -0.15) is 0 Å². The molecule has 1 aliphatic rings. The number of hydrogen-bond acceptors (Lipinski definition) is 4. The number of Topliss-reactive ketones (excluding diaryl/α,β-unsaturated/α-hetero) is 1. The Kier molecular flexibility index (Phi) is 8.26. The lowest BCUT2D eigenvalue weighted by Crippen LogP contribution is -2.35. The number of sulfone groups is 1. The van der Waals surface area contributed by atoms with E-state index in [1.54, 1.807) is 32.9 Å². The van der Waals surface area contributed by atoms with Crippen LogP contribution in [0.2, 0.25) is 0 Å². The van der Waals surface area contributed by atoms with Crippen molar-refractivity contribution in [1.82, 2.24) is 5.32 Å². The zero-order valence-electron chi connectivity index (χ0n) is 19.0. The van der Waals surface area contributed by atoms with Gasteiger partial charge in [0.2, 0.25) is 0 Å². The maximum absolute atomic E-state index is 12.7. The van der Waals surface area contributed by atoms with E-state index in [2.05, 4.69) is 5.32 Å². The van der Waals surface area contributed by atoms with E-state index < -0.39 is 14.6 Å². The number of amides is 1. The first-order valence-electron chi connectivity index (χ1n) is 11.1. The molecule has 1 amide bonds. The minimum absolute atomic E-state index is 0.00645. The van der Waals surface area contributed by atoms with Crippen LogP contribution in [0.25, 0.3) is 0 Å². The lowest BCUT2D eigenvalue weighted by atomic mass is 9.79. The van der Waals surface area contributed by atoms with Crippen molar-refractivity contribution in [3.63, 3.8) is 0 Å². The van der Waals surface area contributed by atoms with Crippen LogP contribution in [0.4, 0.5) is 0 Å². The molecule has 1 aromatic carbocycles. The third kappa shape index (κ3) is 6.66. The maximum Gasteiger partial charge on any atom is 0.251 e. The van der Waals surface area contributed by atoms with E-state index in [1.807, 2.05) is 26.0 Å². The van der Waals surface area contributed by atoms with Crippen molar-refractivity contribution in [2.24, 2.45) is 11.8 Å². The summed E-state index contributed by atoms with van der Waals surface area (Å²) in [4.78, 5) is 24.9. The zero-order chi connectivity index (χ0) is 22.5. The number of nitrogens with one attached hydrogen (secondary N) is 1. The van der Waals surface area contributed by atoms with Gasteiger partial charge in [-0.1, -0.05) is 19.1 Å². The fourth-order valence-corrected chi connectivity index (χ4v) is 5.19. The smallest absolute Gasteiger partial charge is 0.251 e. The van der Waals surface area contributed by atoms with Gasteiger partial charge in [-0.3, -0.25) is 9.59 Å². The minimum Gasteiger partial charge on any atom is -0.350 e. The molecule has 168 valence electrons. The van der Waals surface area contributed by atoms with Gasteiger partial charge in [0.15, 0.2) is 9.84 Å². The van der Waals surface area contributed by atoms with Crippen molar-refractivity contribution >= 4 is 21.5 Å². The molecular weight excluding hydrogens is 398 g/mol. The molecule has 2 rings (SSSR count). The number of carbonyl (C=O) groups excluding carboxylic acids is 2. The molecule has 1 unspecified atom stereocenters. The standard InChI is InChI=1S/C24H37NO4S/c1-6-17(2)25-23(27)21-13-7-18(8-14-21)15-22(26)20-11-9-19(10-12-20)16-30(28,29)24(3,4)5/h7-8,13-14,17,19-20H,6,9-12,15-16H2,1-5H3,(H,25,27). The van der Waals surface area contributed by atoms with E-state index >= 15 is 0 Å². The maximum atomic E-state index is 12.7. The number of rotatable bonds is 8. The summed E-state index contributed by atoms with van der Waals surface area (Å²) in [6.45, 7) is 9.24. The monoisotopic (exact) mass is 435 g/mol. The van der Waals surface area contributed by atoms with Gasteiger partial charge in [-0.05, 0) is 83.4 Å². The molecule has 0 spiro atoms. The van der Waals surface area contributed by atoms with E-state index in [0.29, 0.717) is 12.0 Å². The molecule has 5 nitrogen and oxygen atoms in total. The van der Waals surface area contributed by atoms with Gasteiger partial charge in [0.25, 0.3) is 5.91 Å². The lowest BCUT2D eigenvalue weighted by Gasteiger charge is -2.30. The largest absolute Gasteiger partial charge is 0.350 e. The second-order valence-corrected chi connectivity index (χ2v) is 12.5. The van der Waals surface area contributed by atoms with Crippen LogP contribution in [-0.4, -0.2) is 36.6 Å². The summed E-state index contributed by atoms with van der Waals surface area (Å²) >= 11 is 0. The van der Waals surface area contributed by atoms with Crippen LogP contribution in [0.3, 0.4) is 0 Å². The fraction of sp³-hybridized carbons (Fsp3) is 0.667. The third-order valence-corrected chi connectivity index (χ3v) is 9.05. The molecule has 0 heterocycles. The normalized spacial score (nSPS) is 21.1. The molecule has 30 heavy (non-hydrogen) atoms. The topological polar surface area (TPSA) is 80.3 Å². The average molecular weight is 436 g/mol. The van der Waals surface area contributed by atoms with Crippen molar-refractivity contribution in [1.29, 1.82) is 0 Å². The molecule has 0 aliphatic heterocycles. The Hall–Kier alpha value is -1.69. The molecule has 1 N–H and O–H groups in total. The van der Waals surface area contributed by atoms with Crippen LogP contribution >= 0.6 is 0 Å². The Labute approximate surface area is 181 Å². The van der Waals surface area contributed by atoms with Gasteiger partial charge in [0.1, 0.15) is 5.78 Å². The van der Waals surface area contributed by atoms with E-state index in [0.717, 1.165) is 37.7 Å². The summed E-state index contributed by atoms with van der Waals surface area (Å²) in [5, 5.41) is 2.94. The lowest BCUT2D eigenvalue weighted by molar-refractivity contribution is -0.123. The molecule has 0 radical (unpaired) electrons. The first kappa shape index (κ1) is 24.6. The summed E-state index contributed by atoms with van der Waals surface area (Å²) < 4.78 is 24.1. The van der Waals surface area contributed by atoms with Crippen molar-refractivity contribution < 1.29 is 18.0 Å². The van der Waals surface area contributed by atoms with E-state index in [-0.39, 0.29) is 35.3 Å². The molecule has 1 fully saturated rings. The van der Waals surface area contributed by atoms with Crippen LogP contribution in [0.1, 0.15) is 82.6 Å². The molecule has 1 saturated carbocycles. The van der Waals surface area contributed by atoms with E-state index in [4.69, 9.17) is 0 Å². The van der Waals surface area contributed by atoms with Crippen molar-refractivity contribution in [2.75, 3.05) is 5.75 Å². The molecular formula is C24H37NO4S. The fourth-order valence-electron chi connectivity index (χ4n) is 3.74. The Bertz CT molecular complexity index is 829. The van der Waals surface area contributed by atoms with E-state index in [9.17, 15) is 18.0 Å². The second-order valence-electron chi connectivity index (χ2n) is 9.73. The molecule has 1 atom stereocenters. The van der Waals surface area contributed by atoms with Crippen LogP contribution in [0.15, 0.2) is 24.3 Å². The van der Waals surface area contributed by atoms with Crippen LogP contribution in [-0.2, 0) is 21.1 Å². The molecule has 0 bridgehead atoms. The van der Waals surface area contributed by atoms with Gasteiger partial charge in [-0.25, -0.2) is 8.42 Å². The number of ketones is 1. The average Bonchev–Trinajstić information content (AvgIpc) is 2.67. The van der Waals surface area contributed by atoms with Gasteiger partial charge < -0.3 is 5.32 Å². The quantitative estimate of drug-likeness (QED) is 0.658. The number of benzene rings is 1. The Balaban J connectivity index is 1.86. The Morgan fingerprint density at radius 2 is 1.63 bits per heavy atom. The molecule has 1 aliphatic carbocycles. The summed E-state index contributed by atoms with van der Waals surface area (Å²) in [5.41, 5.74) is 1.52. The zero-order valence-corrected chi connectivity index (χ0v) is 19.8. The Morgan fingerprint density at radius 3 is 2.13 bits per heavy atom. The van der Waals surface area contributed by atoms with E-state index in [1.165, 1.54) is 0 Å². The minimum atomic E-state index is -3.12. The SMILES string of the molecule is CCC(C)NC(=O)c1ccc(CC(=O)C2CCC(CS(=O)(=O)C(C)(C)C)CC2)cc1. The predicted molar refractivity (Wildman–Crippen MR) is 121 cm³/mol. The van der Waals surface area contributed by atoms with Crippen molar-refractivity contribution in [3.8, 4) is 0 Å². The van der Waals surface area contributed by atoms with Crippen LogP contribution < -0.4 is 5.32 Å². The summed E-state index contributed by atoms with van der Waals surface area (Å²) in [5.74, 6) is 0.501. The summed E-state index contributed by atoms with van der Waals surface area (Å²) in [7, 11) is -3.12. The first-order valence-corrected chi connectivity index (χ1v) is 12.7. The predicted octanol–water partition coefficient (Wildman–Crippen LogP) is 4.35. The highest BCUT2D eigenvalue weighted by molar-refractivity contribution is 7.92. The van der Waals surface area contributed by atoms with Crippen LogP contribution in [0, 0.1) is 11.8 Å². The third-order valence-electron chi connectivity index (χ3n) is 6.27. The van der Waals surface area contributed by atoms with Gasteiger partial charge in [0, 0.05) is 23.9 Å².